The Labute approximate surface area is 194 Å². The van der Waals surface area contributed by atoms with Crippen molar-refractivity contribution in [1.82, 2.24) is 4.90 Å². The Bertz CT molecular complexity index is 911. The largest absolute Gasteiger partial charge is 0.481 e. The molecular formula is C25H29Cl2NO3. The van der Waals surface area contributed by atoms with Crippen molar-refractivity contribution in [1.29, 1.82) is 0 Å². The summed E-state index contributed by atoms with van der Waals surface area (Å²) in [6, 6.07) is 15.1. The molecule has 166 valence electrons. The Balaban J connectivity index is 2.11. The predicted molar refractivity (Wildman–Crippen MR) is 125 cm³/mol. The second-order valence-electron chi connectivity index (χ2n) is 8.36. The van der Waals surface area contributed by atoms with E-state index in [4.69, 9.17) is 23.2 Å². The number of carbonyl (C=O) groups excluding carboxylic acids is 1. The number of carboxylic acids is 1. The summed E-state index contributed by atoms with van der Waals surface area (Å²) in [6.45, 7) is 4.86. The molecule has 0 aliphatic carbocycles. The van der Waals surface area contributed by atoms with Crippen LogP contribution in [0.1, 0.15) is 62.6 Å². The first-order valence-electron chi connectivity index (χ1n) is 10.9. The molecule has 1 N–H and O–H groups in total. The third-order valence-electron chi connectivity index (χ3n) is 6.41. The van der Waals surface area contributed by atoms with E-state index in [2.05, 4.69) is 13.8 Å². The van der Waals surface area contributed by atoms with Crippen molar-refractivity contribution in [2.24, 2.45) is 11.8 Å². The summed E-state index contributed by atoms with van der Waals surface area (Å²) < 4.78 is 0. The van der Waals surface area contributed by atoms with Gasteiger partial charge in [-0.1, -0.05) is 74.2 Å². The number of likely N-dealkylation sites (tertiary alicyclic amines) is 1. The Kier molecular flexibility index (Phi) is 8.01. The minimum atomic E-state index is -0.948. The minimum absolute atomic E-state index is 0.0590. The van der Waals surface area contributed by atoms with Crippen LogP contribution in [-0.2, 0) is 9.59 Å². The zero-order chi connectivity index (χ0) is 22.5. The molecule has 0 bridgehead atoms. The van der Waals surface area contributed by atoms with E-state index in [1.807, 2.05) is 53.4 Å². The first-order chi connectivity index (χ1) is 14.8. The number of piperidine rings is 1. The summed E-state index contributed by atoms with van der Waals surface area (Å²) in [6.07, 6.45) is 2.22. The summed E-state index contributed by atoms with van der Waals surface area (Å²) in [5.41, 5.74) is 2.02. The zero-order valence-corrected chi connectivity index (χ0v) is 19.4. The van der Waals surface area contributed by atoms with Crippen LogP contribution in [0.5, 0.6) is 0 Å². The van der Waals surface area contributed by atoms with E-state index in [1.54, 1.807) is 0 Å². The van der Waals surface area contributed by atoms with Gasteiger partial charge >= 0.3 is 5.97 Å². The fraction of sp³-hybridized carbons (Fsp3) is 0.440. The lowest BCUT2D eigenvalue weighted by Crippen LogP contribution is -2.49. The van der Waals surface area contributed by atoms with Crippen LogP contribution in [0.4, 0.5) is 0 Å². The van der Waals surface area contributed by atoms with Gasteiger partial charge in [0.1, 0.15) is 0 Å². The number of hydrogen-bond acceptors (Lipinski definition) is 2. The van der Waals surface area contributed by atoms with Gasteiger partial charge in [0.25, 0.3) is 0 Å². The highest BCUT2D eigenvalue weighted by Crippen LogP contribution is 2.46. The molecule has 1 aliphatic rings. The maximum Gasteiger partial charge on any atom is 0.304 e. The van der Waals surface area contributed by atoms with Crippen molar-refractivity contribution in [3.63, 3.8) is 0 Å². The molecule has 2 aromatic rings. The fourth-order valence-electron chi connectivity index (χ4n) is 4.66. The molecule has 1 aliphatic heterocycles. The van der Waals surface area contributed by atoms with Crippen molar-refractivity contribution in [2.45, 2.75) is 51.5 Å². The predicted octanol–water partition coefficient (Wildman–Crippen LogP) is 6.58. The van der Waals surface area contributed by atoms with E-state index in [-0.39, 0.29) is 24.3 Å². The van der Waals surface area contributed by atoms with Crippen LogP contribution in [0.15, 0.2) is 48.5 Å². The molecule has 1 saturated heterocycles. The summed E-state index contributed by atoms with van der Waals surface area (Å²) >= 11 is 12.4. The number of carbonyl (C=O) groups is 2. The van der Waals surface area contributed by atoms with Gasteiger partial charge in [-0.3, -0.25) is 9.59 Å². The van der Waals surface area contributed by atoms with Crippen LogP contribution < -0.4 is 0 Å². The topological polar surface area (TPSA) is 57.6 Å². The van der Waals surface area contributed by atoms with Crippen LogP contribution in [0.2, 0.25) is 10.0 Å². The van der Waals surface area contributed by atoms with Gasteiger partial charge in [-0.2, -0.15) is 0 Å². The molecule has 3 rings (SSSR count). The van der Waals surface area contributed by atoms with Gasteiger partial charge in [0, 0.05) is 28.4 Å². The molecular weight excluding hydrogens is 433 g/mol. The summed E-state index contributed by atoms with van der Waals surface area (Å²) in [5.74, 6) is -1.29. The Morgan fingerprint density at radius 3 is 2.32 bits per heavy atom. The van der Waals surface area contributed by atoms with Crippen molar-refractivity contribution < 1.29 is 14.7 Å². The Morgan fingerprint density at radius 1 is 1.06 bits per heavy atom. The van der Waals surface area contributed by atoms with Gasteiger partial charge in [0.15, 0.2) is 0 Å². The first kappa shape index (κ1) is 23.6. The third kappa shape index (κ3) is 5.61. The maximum atomic E-state index is 13.5. The molecule has 0 aromatic heterocycles. The molecule has 6 heteroatoms. The summed E-state index contributed by atoms with van der Waals surface area (Å²) in [5, 5.41) is 10.7. The standard InChI is InChI=1S/C25H29Cl2NO3/c1-3-16(4-2)15-28-24(17-8-10-20(26)11-9-17)22(18-6-5-7-21(27)12-18)13-19(25(28)31)14-23(29)30/h5-12,16,19,22,24H,3-4,13-15H2,1-2H3,(H,29,30). The number of carboxylic acid groups (broad SMARTS) is 1. The molecule has 1 fully saturated rings. The van der Waals surface area contributed by atoms with Gasteiger partial charge in [-0.05, 0) is 47.7 Å². The molecule has 3 unspecified atom stereocenters. The average Bonchev–Trinajstić information content (AvgIpc) is 2.74. The van der Waals surface area contributed by atoms with Crippen LogP contribution in [0.3, 0.4) is 0 Å². The second kappa shape index (κ2) is 10.5. The van der Waals surface area contributed by atoms with E-state index in [0.29, 0.717) is 28.9 Å². The molecule has 1 amide bonds. The number of hydrogen-bond donors (Lipinski definition) is 1. The first-order valence-corrected chi connectivity index (χ1v) is 11.6. The minimum Gasteiger partial charge on any atom is -0.481 e. The van der Waals surface area contributed by atoms with E-state index >= 15 is 0 Å². The molecule has 31 heavy (non-hydrogen) atoms. The van der Waals surface area contributed by atoms with Crippen LogP contribution >= 0.6 is 23.2 Å². The Morgan fingerprint density at radius 2 is 1.74 bits per heavy atom. The molecule has 0 radical (unpaired) electrons. The maximum absolute atomic E-state index is 13.5. The van der Waals surface area contributed by atoms with Gasteiger partial charge < -0.3 is 10.0 Å². The van der Waals surface area contributed by atoms with Gasteiger partial charge in [-0.25, -0.2) is 0 Å². The number of nitrogens with zero attached hydrogens (tertiary/aromatic N) is 1. The number of benzene rings is 2. The fourth-order valence-corrected chi connectivity index (χ4v) is 4.99. The molecule has 3 atom stereocenters. The molecule has 0 saturated carbocycles. The highest BCUT2D eigenvalue weighted by molar-refractivity contribution is 6.30. The van der Waals surface area contributed by atoms with Crippen molar-refractivity contribution in [2.75, 3.05) is 6.54 Å². The van der Waals surface area contributed by atoms with Crippen LogP contribution in [0, 0.1) is 11.8 Å². The normalized spacial score (nSPS) is 21.5. The van der Waals surface area contributed by atoms with Crippen molar-refractivity contribution in [3.8, 4) is 0 Å². The highest BCUT2D eigenvalue weighted by atomic mass is 35.5. The lowest BCUT2D eigenvalue weighted by Gasteiger charge is -2.46. The number of amides is 1. The second-order valence-corrected chi connectivity index (χ2v) is 9.23. The lowest BCUT2D eigenvalue weighted by molar-refractivity contribution is -0.150. The van der Waals surface area contributed by atoms with Crippen LogP contribution in [0.25, 0.3) is 0 Å². The number of aliphatic carboxylic acids is 1. The molecule has 2 aromatic carbocycles. The molecule has 0 spiro atoms. The summed E-state index contributed by atoms with van der Waals surface area (Å²) in [7, 11) is 0. The average molecular weight is 462 g/mol. The van der Waals surface area contributed by atoms with E-state index < -0.39 is 11.9 Å². The van der Waals surface area contributed by atoms with Crippen LogP contribution in [-0.4, -0.2) is 28.4 Å². The van der Waals surface area contributed by atoms with Gasteiger partial charge in [0.2, 0.25) is 5.91 Å². The zero-order valence-electron chi connectivity index (χ0n) is 17.9. The van der Waals surface area contributed by atoms with Crippen molar-refractivity contribution in [3.05, 3.63) is 69.7 Å². The Hall–Kier alpha value is -2.04. The van der Waals surface area contributed by atoms with Crippen molar-refractivity contribution >= 4 is 35.1 Å². The number of rotatable bonds is 8. The van der Waals surface area contributed by atoms with Gasteiger partial charge in [0.05, 0.1) is 12.5 Å². The molecule has 4 nitrogen and oxygen atoms in total. The van der Waals surface area contributed by atoms with E-state index in [0.717, 1.165) is 24.0 Å². The third-order valence-corrected chi connectivity index (χ3v) is 6.89. The molecule has 1 heterocycles. The highest BCUT2D eigenvalue weighted by Gasteiger charge is 2.44. The monoisotopic (exact) mass is 461 g/mol. The van der Waals surface area contributed by atoms with E-state index in [1.165, 1.54) is 0 Å². The van der Waals surface area contributed by atoms with E-state index in [9.17, 15) is 14.7 Å². The SMILES string of the molecule is CCC(CC)CN1C(=O)C(CC(=O)O)CC(c2cccc(Cl)c2)C1c1ccc(Cl)cc1. The van der Waals surface area contributed by atoms with Gasteiger partial charge in [-0.15, -0.1) is 0 Å². The smallest absolute Gasteiger partial charge is 0.304 e. The quantitative estimate of drug-likeness (QED) is 0.482. The summed E-state index contributed by atoms with van der Waals surface area (Å²) in [4.78, 5) is 27.0. The number of halogens is 2. The lowest BCUT2D eigenvalue weighted by atomic mass is 9.74.